The molecule has 6 heterocycles. The number of carbonyl (C=O) groups excluding carboxylic acids is 4. The SMILES string of the molecule is COC(=O)/C(C)=C\CC12OC(C)(C)C3CC(C1=O)C1C4=C(Nc5ncnn51)c1c(OC(=O)CC(=O)N5CCN(C)CC5)c5c(c(CC=C(C)C)c1OC432)OC(C)(CCC=C(C)C)C=C5. The van der Waals surface area contributed by atoms with E-state index in [0.717, 1.165) is 17.6 Å². The van der Waals surface area contributed by atoms with E-state index in [-0.39, 0.29) is 29.8 Å². The molecule has 15 heteroatoms. The van der Waals surface area contributed by atoms with Crippen molar-refractivity contribution in [2.45, 2.75) is 122 Å². The molecule has 64 heavy (non-hydrogen) atoms. The van der Waals surface area contributed by atoms with Gasteiger partial charge in [0.25, 0.3) is 0 Å². The largest absolute Gasteiger partial charge is 0.482 e. The first-order valence-electron chi connectivity index (χ1n) is 22.5. The van der Waals surface area contributed by atoms with E-state index in [1.54, 1.807) is 22.6 Å². The molecule has 2 aromatic rings. The smallest absolute Gasteiger partial charge is 0.333 e. The van der Waals surface area contributed by atoms with Crippen LogP contribution in [0.5, 0.6) is 17.2 Å². The van der Waals surface area contributed by atoms with Crippen LogP contribution < -0.4 is 19.5 Å². The number of methoxy groups -OCH3 is 1. The molecule has 1 spiro atoms. The molecule has 6 unspecified atom stereocenters. The van der Waals surface area contributed by atoms with Crippen molar-refractivity contribution in [3.8, 4) is 17.2 Å². The summed E-state index contributed by atoms with van der Waals surface area (Å²) in [6, 6.07) is -0.619. The van der Waals surface area contributed by atoms with Crippen LogP contribution in [0.15, 0.2) is 52.9 Å². The summed E-state index contributed by atoms with van der Waals surface area (Å²) < 4.78 is 35.5. The van der Waals surface area contributed by atoms with Gasteiger partial charge >= 0.3 is 11.9 Å². The van der Waals surface area contributed by atoms with Crippen LogP contribution >= 0.6 is 0 Å². The monoisotopic (exact) mass is 876 g/mol. The Hall–Kier alpha value is -5.54. The van der Waals surface area contributed by atoms with Crippen LogP contribution in [0.1, 0.15) is 110 Å². The molecule has 10 rings (SSSR count). The number of anilines is 1. The topological polar surface area (TPSA) is 164 Å². The second kappa shape index (κ2) is 15.6. The van der Waals surface area contributed by atoms with E-state index in [2.05, 4.69) is 46.3 Å². The Labute approximate surface area is 374 Å². The lowest BCUT2D eigenvalue weighted by Gasteiger charge is -2.62. The van der Waals surface area contributed by atoms with Crippen LogP contribution in [0, 0.1) is 11.8 Å². The number of hydrogen-bond donors (Lipinski definition) is 1. The first-order valence-corrected chi connectivity index (χ1v) is 22.5. The Morgan fingerprint density at radius 2 is 1.72 bits per heavy atom. The number of rotatable bonds is 11. The number of likely N-dealkylation sites (N-methyl/N-ethyl adjacent to an activating group) is 1. The van der Waals surface area contributed by atoms with Crippen molar-refractivity contribution >= 4 is 41.4 Å². The van der Waals surface area contributed by atoms with Gasteiger partial charge in [0.2, 0.25) is 11.9 Å². The average molecular weight is 877 g/mol. The number of benzene rings is 1. The number of fused-ring (bicyclic) bond motifs is 4. The molecule has 0 radical (unpaired) electrons. The van der Waals surface area contributed by atoms with Crippen molar-refractivity contribution < 1.29 is 42.9 Å². The summed E-state index contributed by atoms with van der Waals surface area (Å²) in [5, 5.41) is 8.27. The van der Waals surface area contributed by atoms with Gasteiger partial charge in [0.15, 0.2) is 22.7 Å². The van der Waals surface area contributed by atoms with Crippen LogP contribution in [-0.2, 0) is 35.1 Å². The van der Waals surface area contributed by atoms with E-state index < -0.39 is 52.7 Å². The van der Waals surface area contributed by atoms with E-state index >= 15 is 4.79 Å². The number of Topliss-reactive ketones (excluding diaryl/α,β-unsaturated/α-hetero) is 1. The van der Waals surface area contributed by atoms with Gasteiger partial charge in [0, 0.05) is 61.1 Å². The second-order valence-corrected chi connectivity index (χ2v) is 19.7. The highest BCUT2D eigenvalue weighted by Crippen LogP contribution is 2.74. The Bertz CT molecular complexity index is 2510. The van der Waals surface area contributed by atoms with E-state index in [4.69, 9.17) is 23.7 Å². The zero-order valence-corrected chi connectivity index (χ0v) is 38.7. The summed E-state index contributed by atoms with van der Waals surface area (Å²) >= 11 is 0. The summed E-state index contributed by atoms with van der Waals surface area (Å²) in [5.74, 6) is -1.18. The molecule has 340 valence electrons. The summed E-state index contributed by atoms with van der Waals surface area (Å²) in [4.78, 5) is 64.8. The summed E-state index contributed by atoms with van der Waals surface area (Å²) in [5.41, 5.74) is 0.953. The molecule has 1 amide bonds. The molecule has 4 bridgehead atoms. The molecule has 1 N–H and O–H groups in total. The van der Waals surface area contributed by atoms with Crippen LogP contribution in [0.4, 0.5) is 5.95 Å². The van der Waals surface area contributed by atoms with Crippen molar-refractivity contribution in [3.63, 3.8) is 0 Å². The van der Waals surface area contributed by atoms with Crippen molar-refractivity contribution in [1.82, 2.24) is 24.6 Å². The Morgan fingerprint density at radius 3 is 2.42 bits per heavy atom. The molecular formula is C49H60N6O9. The molecule has 8 aliphatic rings. The number of carbonyl (C=O) groups is 4. The van der Waals surface area contributed by atoms with Gasteiger partial charge in [-0.2, -0.15) is 10.1 Å². The Kier molecular flexibility index (Phi) is 10.6. The maximum atomic E-state index is 15.5. The van der Waals surface area contributed by atoms with Gasteiger partial charge in [-0.15, -0.1) is 0 Å². The number of esters is 2. The molecule has 1 aromatic carbocycles. The number of nitrogens with one attached hydrogen (secondary N) is 1. The lowest BCUT2D eigenvalue weighted by atomic mass is 9.47. The third-order valence-electron chi connectivity index (χ3n) is 14.4. The van der Waals surface area contributed by atoms with Gasteiger partial charge in [0.1, 0.15) is 29.8 Å². The standard InChI is InChI=1S/C49H60N6O9/c1-27(2)12-11-17-47(8)18-16-31-40(62-47)30(14-13-28(3)4)42-36(41(31)61-35(57)25-34(56)54-22-20-53(9)21-23-54)38-37-39(55-45(52-38)50-26-51-55)32-24-33-46(6,7)64-48(43(32)58,49(33,37)63-42)19-15-29(5)44(59)60-10/h12-13,15-16,18,26,32-33,39H,11,14,17,19-25H2,1-10H3,(H,50,51,52)/b29-15-. The zero-order valence-electron chi connectivity index (χ0n) is 38.7. The number of aromatic nitrogens is 3. The lowest BCUT2D eigenvalue weighted by molar-refractivity contribution is -0.181. The predicted molar refractivity (Wildman–Crippen MR) is 238 cm³/mol. The maximum Gasteiger partial charge on any atom is 0.333 e. The average Bonchev–Trinajstić information content (AvgIpc) is 3.77. The molecular weight excluding hydrogens is 817 g/mol. The van der Waals surface area contributed by atoms with Gasteiger partial charge in [0.05, 0.1) is 35.6 Å². The number of hydrogen-bond acceptors (Lipinski definition) is 13. The van der Waals surface area contributed by atoms with Gasteiger partial charge < -0.3 is 38.8 Å². The number of amides is 1. The number of ether oxygens (including phenoxy) is 5. The minimum absolute atomic E-state index is 0.0262. The van der Waals surface area contributed by atoms with Crippen LogP contribution in [0.3, 0.4) is 0 Å². The first-order chi connectivity index (χ1) is 30.3. The molecule has 6 atom stereocenters. The van der Waals surface area contributed by atoms with Gasteiger partial charge in [-0.1, -0.05) is 29.4 Å². The number of allylic oxidation sites excluding steroid dienone is 4. The molecule has 2 saturated heterocycles. The normalized spacial score (nSPS) is 29.0. The highest BCUT2D eigenvalue weighted by atomic mass is 16.6. The van der Waals surface area contributed by atoms with E-state index in [1.807, 2.05) is 53.8 Å². The maximum absolute atomic E-state index is 15.5. The fourth-order valence-electron chi connectivity index (χ4n) is 11.3. The number of nitrogens with zero attached hydrogens (tertiary/aromatic N) is 5. The van der Waals surface area contributed by atoms with Crippen molar-refractivity contribution in [2.24, 2.45) is 11.8 Å². The number of piperazine rings is 1. The van der Waals surface area contributed by atoms with Crippen LogP contribution in [-0.4, -0.2) is 111 Å². The molecule has 3 aliphatic carbocycles. The predicted octanol–water partition coefficient (Wildman–Crippen LogP) is 6.55. The highest BCUT2D eigenvalue weighted by Gasteiger charge is 2.84. The van der Waals surface area contributed by atoms with Crippen molar-refractivity contribution in [2.75, 3.05) is 45.7 Å². The Balaban J connectivity index is 1.30. The fourth-order valence-corrected chi connectivity index (χ4v) is 11.3. The summed E-state index contributed by atoms with van der Waals surface area (Å²) in [6.45, 7) is 18.3. The third-order valence-corrected chi connectivity index (χ3v) is 14.4. The highest BCUT2D eigenvalue weighted by molar-refractivity contribution is 6.03. The minimum atomic E-state index is -1.59. The van der Waals surface area contributed by atoms with Gasteiger partial charge in [-0.3, -0.25) is 14.4 Å². The van der Waals surface area contributed by atoms with Crippen LogP contribution in [0.25, 0.3) is 11.8 Å². The van der Waals surface area contributed by atoms with Gasteiger partial charge in [-0.25, -0.2) is 9.48 Å². The fraction of sp³-hybridized carbons (Fsp3) is 0.551. The molecule has 1 aromatic heterocycles. The van der Waals surface area contributed by atoms with Crippen LogP contribution in [0.2, 0.25) is 0 Å². The molecule has 5 aliphatic heterocycles. The quantitative estimate of drug-likeness (QED) is 0.0851. The Morgan fingerprint density at radius 1 is 0.984 bits per heavy atom. The molecule has 5 fully saturated rings. The van der Waals surface area contributed by atoms with Crippen molar-refractivity contribution in [1.29, 1.82) is 0 Å². The van der Waals surface area contributed by atoms with E-state index in [0.29, 0.717) is 90.8 Å². The molecule has 3 saturated carbocycles. The number of ketones is 1. The summed E-state index contributed by atoms with van der Waals surface area (Å²) in [6.07, 6.45) is 13.2. The third kappa shape index (κ3) is 6.66. The van der Waals surface area contributed by atoms with Crippen molar-refractivity contribution in [3.05, 3.63) is 69.6 Å². The van der Waals surface area contributed by atoms with Gasteiger partial charge in [-0.05, 0) is 100 Å². The zero-order chi connectivity index (χ0) is 45.7. The first kappa shape index (κ1) is 43.7. The molecule has 15 nitrogen and oxygen atoms in total. The minimum Gasteiger partial charge on any atom is -0.482 e. The lowest BCUT2D eigenvalue weighted by Crippen LogP contribution is -2.75. The van der Waals surface area contributed by atoms with E-state index in [9.17, 15) is 14.4 Å². The van der Waals surface area contributed by atoms with E-state index in [1.165, 1.54) is 19.0 Å². The summed E-state index contributed by atoms with van der Waals surface area (Å²) in [7, 11) is 3.33. The second-order valence-electron chi connectivity index (χ2n) is 19.7.